The van der Waals surface area contributed by atoms with Gasteiger partial charge in [-0.2, -0.15) is 0 Å². The SMILES string of the molecule is COc1ccc(-c2nc(COc3ccc(F)c(C(N)=O)c3F)sc2-c2ccccc2N)cc1. The second-order valence-corrected chi connectivity index (χ2v) is 8.07. The van der Waals surface area contributed by atoms with E-state index in [1.807, 2.05) is 42.5 Å². The van der Waals surface area contributed by atoms with Crippen molar-refractivity contribution < 1.29 is 23.0 Å². The number of thiazole rings is 1. The zero-order valence-corrected chi connectivity index (χ0v) is 18.3. The molecule has 0 saturated carbocycles. The lowest BCUT2D eigenvalue weighted by Crippen LogP contribution is -2.16. The predicted octanol–water partition coefficient (Wildman–Crippen LogP) is 5.02. The number of para-hydroxylation sites is 1. The Labute approximate surface area is 192 Å². The van der Waals surface area contributed by atoms with E-state index in [1.54, 1.807) is 13.2 Å². The number of carbonyl (C=O) groups is 1. The predicted molar refractivity (Wildman–Crippen MR) is 123 cm³/mol. The number of anilines is 1. The zero-order valence-electron chi connectivity index (χ0n) is 17.5. The molecular weight excluding hydrogens is 448 g/mol. The number of aromatic nitrogens is 1. The standard InChI is InChI=1S/C24H19F2N3O3S/c1-31-14-8-6-13(7-9-14)22-23(15-4-2-3-5-17(15)27)33-19(29-22)12-32-18-11-10-16(25)20(21(18)26)24(28)30/h2-11H,12,27H2,1H3,(H2,28,30). The number of carbonyl (C=O) groups excluding carboxylic acids is 1. The van der Waals surface area contributed by atoms with Crippen LogP contribution in [0.25, 0.3) is 21.7 Å². The minimum atomic E-state index is -1.21. The average Bonchev–Trinajstić information content (AvgIpc) is 3.22. The van der Waals surface area contributed by atoms with Gasteiger partial charge >= 0.3 is 0 Å². The molecule has 0 fully saturated rings. The first-order valence-electron chi connectivity index (χ1n) is 9.78. The summed E-state index contributed by atoms with van der Waals surface area (Å²) in [6, 6.07) is 16.8. The number of methoxy groups -OCH3 is 1. The average molecular weight is 467 g/mol. The molecule has 4 N–H and O–H groups in total. The first-order chi connectivity index (χ1) is 15.9. The van der Waals surface area contributed by atoms with Crippen LogP contribution in [0.2, 0.25) is 0 Å². The Morgan fingerprint density at radius 1 is 1.06 bits per heavy atom. The van der Waals surface area contributed by atoms with Gasteiger partial charge in [-0.05, 0) is 42.5 Å². The van der Waals surface area contributed by atoms with Gasteiger partial charge in [-0.15, -0.1) is 11.3 Å². The van der Waals surface area contributed by atoms with Crippen molar-refractivity contribution in [2.45, 2.75) is 6.61 Å². The van der Waals surface area contributed by atoms with Gasteiger partial charge in [0.15, 0.2) is 11.6 Å². The highest BCUT2D eigenvalue weighted by atomic mass is 32.1. The second kappa shape index (κ2) is 9.25. The maximum absolute atomic E-state index is 14.5. The Hall–Kier alpha value is -3.98. The molecule has 0 aliphatic heterocycles. The van der Waals surface area contributed by atoms with Crippen LogP contribution in [0.1, 0.15) is 15.4 Å². The summed E-state index contributed by atoms with van der Waals surface area (Å²) in [7, 11) is 1.58. The molecule has 168 valence electrons. The van der Waals surface area contributed by atoms with E-state index in [2.05, 4.69) is 4.98 Å². The highest BCUT2D eigenvalue weighted by Crippen LogP contribution is 2.40. The minimum absolute atomic E-state index is 0.110. The van der Waals surface area contributed by atoms with E-state index in [4.69, 9.17) is 20.9 Å². The van der Waals surface area contributed by atoms with Crippen molar-refractivity contribution in [3.05, 3.63) is 82.9 Å². The van der Waals surface area contributed by atoms with Crippen molar-refractivity contribution >= 4 is 22.9 Å². The molecule has 0 aliphatic carbocycles. The number of nitrogens with two attached hydrogens (primary N) is 2. The van der Waals surface area contributed by atoms with Crippen molar-refractivity contribution in [2.75, 3.05) is 12.8 Å². The molecule has 0 bridgehead atoms. The minimum Gasteiger partial charge on any atom is -0.497 e. The van der Waals surface area contributed by atoms with Gasteiger partial charge in [-0.25, -0.2) is 13.8 Å². The van der Waals surface area contributed by atoms with Crippen molar-refractivity contribution in [3.63, 3.8) is 0 Å². The van der Waals surface area contributed by atoms with E-state index in [9.17, 15) is 13.6 Å². The lowest BCUT2D eigenvalue weighted by molar-refractivity contribution is 0.0991. The third kappa shape index (κ3) is 4.49. The molecule has 1 aromatic heterocycles. The molecule has 4 rings (SSSR count). The second-order valence-electron chi connectivity index (χ2n) is 6.99. The monoisotopic (exact) mass is 467 g/mol. The van der Waals surface area contributed by atoms with E-state index in [0.29, 0.717) is 22.1 Å². The number of hydrogen-bond donors (Lipinski definition) is 2. The molecule has 0 saturated heterocycles. The van der Waals surface area contributed by atoms with Gasteiger partial charge in [-0.1, -0.05) is 18.2 Å². The fraction of sp³-hybridized carbons (Fsp3) is 0.0833. The molecular formula is C24H19F2N3O3S. The van der Waals surface area contributed by atoms with Crippen LogP contribution in [-0.2, 0) is 6.61 Å². The molecule has 4 aromatic rings. The Morgan fingerprint density at radius 2 is 1.79 bits per heavy atom. The van der Waals surface area contributed by atoms with E-state index in [0.717, 1.165) is 28.1 Å². The third-order valence-electron chi connectivity index (χ3n) is 4.89. The smallest absolute Gasteiger partial charge is 0.254 e. The molecule has 0 unspecified atom stereocenters. The molecule has 0 spiro atoms. The molecule has 33 heavy (non-hydrogen) atoms. The number of nitrogen functional groups attached to an aromatic ring is 1. The summed E-state index contributed by atoms with van der Waals surface area (Å²) in [4.78, 5) is 16.9. The van der Waals surface area contributed by atoms with Crippen LogP contribution >= 0.6 is 11.3 Å². The van der Waals surface area contributed by atoms with E-state index in [1.165, 1.54) is 11.3 Å². The number of halogens is 2. The fourth-order valence-electron chi connectivity index (χ4n) is 3.27. The van der Waals surface area contributed by atoms with Gasteiger partial charge in [0.05, 0.1) is 17.7 Å². The first kappa shape index (κ1) is 22.2. The van der Waals surface area contributed by atoms with Gasteiger partial charge in [0.1, 0.15) is 28.7 Å². The number of nitrogens with zero attached hydrogens (tertiary/aromatic N) is 1. The summed E-state index contributed by atoms with van der Waals surface area (Å²) in [5.41, 5.74) is 13.3. The van der Waals surface area contributed by atoms with Crippen LogP contribution < -0.4 is 20.9 Å². The van der Waals surface area contributed by atoms with Crippen LogP contribution in [0, 0.1) is 11.6 Å². The Bertz CT molecular complexity index is 1320. The van der Waals surface area contributed by atoms with Crippen LogP contribution in [0.5, 0.6) is 11.5 Å². The number of primary amides is 1. The molecule has 0 atom stereocenters. The highest BCUT2D eigenvalue weighted by Gasteiger charge is 2.21. The fourth-order valence-corrected chi connectivity index (χ4v) is 4.31. The summed E-state index contributed by atoms with van der Waals surface area (Å²) in [6.07, 6.45) is 0. The summed E-state index contributed by atoms with van der Waals surface area (Å²) in [5.74, 6) is -3.01. The molecule has 6 nitrogen and oxygen atoms in total. The van der Waals surface area contributed by atoms with Gasteiger partial charge in [0.25, 0.3) is 5.91 Å². The van der Waals surface area contributed by atoms with Gasteiger partial charge < -0.3 is 20.9 Å². The van der Waals surface area contributed by atoms with Crippen molar-refractivity contribution in [3.8, 4) is 33.2 Å². The number of benzene rings is 3. The first-order valence-corrected chi connectivity index (χ1v) is 10.6. The summed E-state index contributed by atoms with van der Waals surface area (Å²) in [6.45, 7) is -0.110. The molecule has 3 aromatic carbocycles. The van der Waals surface area contributed by atoms with Crippen LogP contribution in [0.15, 0.2) is 60.7 Å². The Balaban J connectivity index is 1.71. The summed E-state index contributed by atoms with van der Waals surface area (Å²) in [5, 5.41) is 0.531. The molecule has 1 amide bonds. The maximum atomic E-state index is 14.5. The van der Waals surface area contributed by atoms with Crippen LogP contribution in [-0.4, -0.2) is 18.0 Å². The van der Waals surface area contributed by atoms with E-state index >= 15 is 0 Å². The largest absolute Gasteiger partial charge is 0.497 e. The Morgan fingerprint density at radius 3 is 2.45 bits per heavy atom. The van der Waals surface area contributed by atoms with Crippen molar-refractivity contribution in [1.29, 1.82) is 0 Å². The van der Waals surface area contributed by atoms with Crippen LogP contribution in [0.4, 0.5) is 14.5 Å². The Kier molecular flexibility index (Phi) is 6.23. The molecule has 0 radical (unpaired) electrons. The summed E-state index contributed by atoms with van der Waals surface area (Å²) >= 11 is 1.33. The maximum Gasteiger partial charge on any atom is 0.254 e. The quantitative estimate of drug-likeness (QED) is 0.372. The van der Waals surface area contributed by atoms with Gasteiger partial charge in [0, 0.05) is 16.8 Å². The van der Waals surface area contributed by atoms with Gasteiger partial charge in [-0.3, -0.25) is 4.79 Å². The normalized spacial score (nSPS) is 10.8. The van der Waals surface area contributed by atoms with Crippen molar-refractivity contribution in [1.82, 2.24) is 4.98 Å². The number of rotatable bonds is 7. The van der Waals surface area contributed by atoms with Crippen LogP contribution in [0.3, 0.4) is 0 Å². The number of ether oxygens (including phenoxy) is 2. The third-order valence-corrected chi connectivity index (χ3v) is 5.96. The van der Waals surface area contributed by atoms with Gasteiger partial charge in [0.2, 0.25) is 0 Å². The zero-order chi connectivity index (χ0) is 23.5. The molecule has 1 heterocycles. The number of amides is 1. The highest BCUT2D eigenvalue weighted by molar-refractivity contribution is 7.15. The topological polar surface area (TPSA) is 100 Å². The summed E-state index contributed by atoms with van der Waals surface area (Å²) < 4.78 is 39.0. The van der Waals surface area contributed by atoms with E-state index in [-0.39, 0.29) is 12.4 Å². The lowest BCUT2D eigenvalue weighted by atomic mass is 10.1. The lowest BCUT2D eigenvalue weighted by Gasteiger charge is -2.08. The molecule has 0 aliphatic rings. The molecule has 9 heteroatoms. The van der Waals surface area contributed by atoms with Crippen molar-refractivity contribution in [2.24, 2.45) is 5.73 Å². The van der Waals surface area contributed by atoms with E-state index < -0.39 is 23.1 Å². The number of hydrogen-bond acceptors (Lipinski definition) is 6.